The number of nitrogens with zero attached hydrogens (tertiary/aromatic N) is 1. The second-order valence-corrected chi connectivity index (χ2v) is 5.87. The first kappa shape index (κ1) is 18.1. The fraction of sp³-hybridized carbons (Fsp3) is 0.0952. The molecule has 3 rings (SSSR count). The second-order valence-electron chi connectivity index (χ2n) is 5.87. The van der Waals surface area contributed by atoms with E-state index in [-0.39, 0.29) is 11.8 Å². The number of amides is 2. The van der Waals surface area contributed by atoms with Crippen molar-refractivity contribution in [3.63, 3.8) is 0 Å². The van der Waals surface area contributed by atoms with E-state index in [4.69, 9.17) is 4.74 Å². The number of hydrogen-bond donors (Lipinski definition) is 2. The Kier molecular flexibility index (Phi) is 5.47. The molecule has 0 saturated heterocycles. The van der Waals surface area contributed by atoms with Crippen LogP contribution in [0, 0.1) is 6.92 Å². The molecule has 0 fully saturated rings. The molecule has 0 aliphatic heterocycles. The van der Waals surface area contributed by atoms with E-state index in [1.54, 1.807) is 55.6 Å². The fourth-order valence-electron chi connectivity index (χ4n) is 2.45. The normalized spacial score (nSPS) is 10.1. The van der Waals surface area contributed by atoms with Crippen molar-refractivity contribution in [1.29, 1.82) is 0 Å². The zero-order valence-corrected chi connectivity index (χ0v) is 15.0. The Hall–Kier alpha value is -3.67. The van der Waals surface area contributed by atoms with Crippen molar-refractivity contribution < 1.29 is 14.3 Å². The van der Waals surface area contributed by atoms with Crippen molar-refractivity contribution in [3.8, 4) is 5.75 Å². The number of hydrogen-bond acceptors (Lipinski definition) is 4. The van der Waals surface area contributed by atoms with Gasteiger partial charge in [-0.2, -0.15) is 0 Å². The van der Waals surface area contributed by atoms with Crippen molar-refractivity contribution in [2.24, 2.45) is 0 Å². The molecule has 0 atom stereocenters. The molecule has 2 N–H and O–H groups in total. The molecule has 0 radical (unpaired) electrons. The van der Waals surface area contributed by atoms with Crippen molar-refractivity contribution in [2.45, 2.75) is 6.92 Å². The molecule has 0 bridgehead atoms. The minimum atomic E-state index is -0.264. The Morgan fingerprint density at radius 3 is 2.19 bits per heavy atom. The highest BCUT2D eigenvalue weighted by Crippen LogP contribution is 2.24. The van der Waals surface area contributed by atoms with Gasteiger partial charge < -0.3 is 15.4 Å². The highest BCUT2D eigenvalue weighted by Gasteiger charge is 2.10. The van der Waals surface area contributed by atoms with Crippen LogP contribution < -0.4 is 15.4 Å². The van der Waals surface area contributed by atoms with E-state index in [0.717, 1.165) is 5.69 Å². The number of aryl methyl sites for hydroxylation is 1. The molecule has 0 spiro atoms. The molecule has 136 valence electrons. The Morgan fingerprint density at radius 1 is 0.852 bits per heavy atom. The summed E-state index contributed by atoms with van der Waals surface area (Å²) >= 11 is 0. The van der Waals surface area contributed by atoms with E-state index in [0.29, 0.717) is 28.3 Å². The third-order valence-corrected chi connectivity index (χ3v) is 3.93. The molecule has 0 saturated carbocycles. The van der Waals surface area contributed by atoms with Crippen LogP contribution in [0.3, 0.4) is 0 Å². The quantitative estimate of drug-likeness (QED) is 0.722. The number of carbonyl (C=O) groups is 2. The topological polar surface area (TPSA) is 80.3 Å². The van der Waals surface area contributed by atoms with Gasteiger partial charge in [-0.25, -0.2) is 0 Å². The molecular weight excluding hydrogens is 342 g/mol. The number of methoxy groups -OCH3 is 1. The van der Waals surface area contributed by atoms with Gasteiger partial charge >= 0.3 is 0 Å². The number of carbonyl (C=O) groups excluding carboxylic acids is 2. The third-order valence-electron chi connectivity index (χ3n) is 3.93. The Labute approximate surface area is 157 Å². The van der Waals surface area contributed by atoms with E-state index in [9.17, 15) is 9.59 Å². The number of para-hydroxylation sites is 2. The van der Waals surface area contributed by atoms with E-state index >= 15 is 0 Å². The minimum Gasteiger partial charge on any atom is -0.495 e. The molecule has 27 heavy (non-hydrogen) atoms. The van der Waals surface area contributed by atoms with Gasteiger partial charge in [-0.15, -0.1) is 0 Å². The smallest absolute Gasteiger partial charge is 0.257 e. The van der Waals surface area contributed by atoms with E-state index in [2.05, 4.69) is 15.6 Å². The van der Waals surface area contributed by atoms with Crippen molar-refractivity contribution >= 4 is 23.2 Å². The molecule has 3 aromatic rings. The van der Waals surface area contributed by atoms with E-state index < -0.39 is 0 Å². The van der Waals surface area contributed by atoms with Gasteiger partial charge in [-0.1, -0.05) is 12.1 Å². The summed E-state index contributed by atoms with van der Waals surface area (Å²) in [4.78, 5) is 28.7. The van der Waals surface area contributed by atoms with Gasteiger partial charge in [0.25, 0.3) is 11.8 Å². The largest absolute Gasteiger partial charge is 0.495 e. The molecule has 2 aromatic carbocycles. The number of aromatic nitrogens is 1. The van der Waals surface area contributed by atoms with Gasteiger partial charge in [0, 0.05) is 23.1 Å². The Morgan fingerprint density at radius 2 is 1.52 bits per heavy atom. The van der Waals surface area contributed by atoms with E-state index in [1.165, 1.54) is 6.20 Å². The summed E-state index contributed by atoms with van der Waals surface area (Å²) in [5.41, 5.74) is 2.97. The highest BCUT2D eigenvalue weighted by atomic mass is 16.5. The summed E-state index contributed by atoms with van der Waals surface area (Å²) in [6.45, 7) is 1.86. The van der Waals surface area contributed by atoms with Crippen LogP contribution in [0.2, 0.25) is 0 Å². The SMILES string of the molecule is COc1ccccc1NC(=O)c1ccc(NC(=O)c2ccc(C)nc2)cc1. The molecule has 0 aliphatic rings. The first-order valence-electron chi connectivity index (χ1n) is 8.35. The maximum absolute atomic E-state index is 12.4. The van der Waals surface area contributed by atoms with Crippen molar-refractivity contribution in [2.75, 3.05) is 17.7 Å². The summed E-state index contributed by atoms with van der Waals surface area (Å²) in [5.74, 6) is 0.0651. The maximum atomic E-state index is 12.4. The third kappa shape index (κ3) is 4.49. The monoisotopic (exact) mass is 361 g/mol. The van der Waals surface area contributed by atoms with Gasteiger partial charge in [-0.3, -0.25) is 14.6 Å². The van der Waals surface area contributed by atoms with Crippen LogP contribution in [-0.4, -0.2) is 23.9 Å². The number of rotatable bonds is 5. The predicted molar refractivity (Wildman–Crippen MR) is 104 cm³/mol. The molecule has 6 nitrogen and oxygen atoms in total. The molecule has 1 heterocycles. The summed E-state index contributed by atoms with van der Waals surface area (Å²) < 4.78 is 5.23. The van der Waals surface area contributed by atoms with Gasteiger partial charge in [0.05, 0.1) is 18.4 Å². The van der Waals surface area contributed by atoms with Crippen LogP contribution in [-0.2, 0) is 0 Å². The standard InChI is InChI=1S/C21H19N3O3/c1-14-7-8-16(13-22-14)21(26)23-17-11-9-15(10-12-17)20(25)24-18-5-3-4-6-19(18)27-2/h3-13H,1-2H3,(H,23,26)(H,24,25). The zero-order chi connectivity index (χ0) is 19.2. The first-order chi connectivity index (χ1) is 13.1. The molecule has 0 unspecified atom stereocenters. The fourth-order valence-corrected chi connectivity index (χ4v) is 2.45. The van der Waals surface area contributed by atoms with Crippen molar-refractivity contribution in [3.05, 3.63) is 83.7 Å². The van der Waals surface area contributed by atoms with Gasteiger partial charge in [0.2, 0.25) is 0 Å². The average Bonchev–Trinajstić information content (AvgIpc) is 2.69. The Balaban J connectivity index is 1.66. The van der Waals surface area contributed by atoms with Gasteiger partial charge in [0.15, 0.2) is 0 Å². The summed E-state index contributed by atoms with van der Waals surface area (Å²) in [6, 6.07) is 17.3. The highest BCUT2D eigenvalue weighted by molar-refractivity contribution is 6.06. The Bertz CT molecular complexity index is 951. The minimum absolute atomic E-state index is 0.256. The molecule has 6 heteroatoms. The lowest BCUT2D eigenvalue weighted by atomic mass is 10.1. The van der Waals surface area contributed by atoms with Crippen molar-refractivity contribution in [1.82, 2.24) is 4.98 Å². The van der Waals surface area contributed by atoms with Gasteiger partial charge in [0.1, 0.15) is 5.75 Å². The predicted octanol–water partition coefficient (Wildman–Crippen LogP) is 3.90. The summed E-state index contributed by atoms with van der Waals surface area (Å²) in [6.07, 6.45) is 1.53. The number of nitrogens with one attached hydrogen (secondary N) is 2. The lowest BCUT2D eigenvalue weighted by molar-refractivity contribution is 0.101. The van der Waals surface area contributed by atoms with Crippen LogP contribution in [0.5, 0.6) is 5.75 Å². The average molecular weight is 361 g/mol. The lowest BCUT2D eigenvalue weighted by Crippen LogP contribution is -2.14. The van der Waals surface area contributed by atoms with Crippen LogP contribution in [0.15, 0.2) is 66.9 Å². The number of benzene rings is 2. The van der Waals surface area contributed by atoms with Crippen LogP contribution in [0.4, 0.5) is 11.4 Å². The first-order valence-corrected chi connectivity index (χ1v) is 8.35. The van der Waals surface area contributed by atoms with E-state index in [1.807, 2.05) is 19.1 Å². The van der Waals surface area contributed by atoms with Gasteiger partial charge in [-0.05, 0) is 55.5 Å². The molecule has 0 aliphatic carbocycles. The second kappa shape index (κ2) is 8.14. The summed E-state index contributed by atoms with van der Waals surface area (Å²) in [7, 11) is 1.55. The van der Waals surface area contributed by atoms with Crippen LogP contribution in [0.25, 0.3) is 0 Å². The van der Waals surface area contributed by atoms with Crippen LogP contribution >= 0.6 is 0 Å². The number of pyridine rings is 1. The maximum Gasteiger partial charge on any atom is 0.257 e. The zero-order valence-electron chi connectivity index (χ0n) is 15.0. The lowest BCUT2D eigenvalue weighted by Gasteiger charge is -2.10. The molecular formula is C21H19N3O3. The molecule has 1 aromatic heterocycles. The van der Waals surface area contributed by atoms with Crippen LogP contribution in [0.1, 0.15) is 26.4 Å². The number of ether oxygens (including phenoxy) is 1. The molecule has 2 amide bonds. The number of anilines is 2. The summed E-state index contributed by atoms with van der Waals surface area (Å²) in [5, 5.41) is 5.59.